The molecule has 1 aromatic heterocycles. The smallest absolute Gasteiger partial charge is 0.258 e. The van der Waals surface area contributed by atoms with Crippen molar-refractivity contribution in [3.05, 3.63) is 107 Å². The molecule has 0 unspecified atom stereocenters. The Morgan fingerprint density at radius 2 is 1.50 bits per heavy atom. The van der Waals surface area contributed by atoms with Gasteiger partial charge in [0, 0.05) is 27.9 Å². The molecular formula is C24H19ClN2O. The highest BCUT2D eigenvalue weighted by Gasteiger charge is 2.21. The molecule has 3 nitrogen and oxygen atoms in total. The Morgan fingerprint density at radius 1 is 0.893 bits per heavy atom. The number of aromatic nitrogens is 1. The lowest BCUT2D eigenvalue weighted by Gasteiger charge is -2.25. The second kappa shape index (κ2) is 7.83. The van der Waals surface area contributed by atoms with Crippen molar-refractivity contribution >= 4 is 34.1 Å². The van der Waals surface area contributed by atoms with Crippen molar-refractivity contribution in [1.82, 2.24) is 4.98 Å². The van der Waals surface area contributed by atoms with Crippen LogP contribution in [0.3, 0.4) is 0 Å². The third-order valence-electron chi connectivity index (χ3n) is 4.78. The van der Waals surface area contributed by atoms with E-state index in [4.69, 9.17) is 16.6 Å². The van der Waals surface area contributed by atoms with E-state index in [0.29, 0.717) is 17.1 Å². The molecule has 0 spiro atoms. The summed E-state index contributed by atoms with van der Waals surface area (Å²) in [5.41, 5.74) is 3.99. The summed E-state index contributed by atoms with van der Waals surface area (Å²) in [6, 6.07) is 26.7. The Labute approximate surface area is 169 Å². The van der Waals surface area contributed by atoms with Gasteiger partial charge in [-0.1, -0.05) is 66.2 Å². The zero-order chi connectivity index (χ0) is 19.5. The van der Waals surface area contributed by atoms with Crippen molar-refractivity contribution in [2.45, 2.75) is 13.5 Å². The van der Waals surface area contributed by atoms with E-state index in [0.717, 1.165) is 27.8 Å². The Morgan fingerprint density at radius 3 is 2.21 bits per heavy atom. The van der Waals surface area contributed by atoms with Gasteiger partial charge in [0.1, 0.15) is 0 Å². The maximum atomic E-state index is 13.3. The Kier molecular flexibility index (Phi) is 5.09. The first-order valence-electron chi connectivity index (χ1n) is 9.11. The fourth-order valence-electron chi connectivity index (χ4n) is 3.29. The first kappa shape index (κ1) is 18.2. The highest BCUT2D eigenvalue weighted by molar-refractivity contribution is 6.36. The summed E-state index contributed by atoms with van der Waals surface area (Å²) in [7, 11) is 0. The number of fused-ring (bicyclic) bond motifs is 1. The van der Waals surface area contributed by atoms with Crippen LogP contribution in [0.25, 0.3) is 10.9 Å². The van der Waals surface area contributed by atoms with Gasteiger partial charge in [-0.25, -0.2) is 0 Å². The third-order valence-corrected chi connectivity index (χ3v) is 5.21. The van der Waals surface area contributed by atoms with Crippen molar-refractivity contribution in [2.24, 2.45) is 0 Å². The molecular weight excluding hydrogens is 368 g/mol. The summed E-state index contributed by atoms with van der Waals surface area (Å²) in [5.74, 6) is -0.0737. The molecule has 3 aromatic carbocycles. The van der Waals surface area contributed by atoms with Crippen LogP contribution in [0, 0.1) is 6.92 Å². The monoisotopic (exact) mass is 386 g/mol. The second-order valence-electron chi connectivity index (χ2n) is 6.60. The average molecular weight is 387 g/mol. The number of nitrogens with zero attached hydrogens (tertiary/aromatic N) is 2. The van der Waals surface area contributed by atoms with Gasteiger partial charge in [-0.15, -0.1) is 0 Å². The van der Waals surface area contributed by atoms with Crippen LogP contribution in [0.2, 0.25) is 5.02 Å². The molecule has 0 N–H and O–H groups in total. The van der Waals surface area contributed by atoms with Gasteiger partial charge in [0.05, 0.1) is 17.1 Å². The van der Waals surface area contributed by atoms with Crippen LogP contribution in [-0.2, 0) is 6.54 Å². The number of carbonyl (C=O) groups is 1. The molecule has 0 fully saturated rings. The number of aryl methyl sites for hydroxylation is 1. The number of anilines is 1. The van der Waals surface area contributed by atoms with Crippen LogP contribution < -0.4 is 4.90 Å². The van der Waals surface area contributed by atoms with Gasteiger partial charge in [-0.3, -0.25) is 9.78 Å². The van der Waals surface area contributed by atoms with Crippen LogP contribution in [0.15, 0.2) is 84.9 Å². The molecule has 4 heteroatoms. The molecule has 0 aliphatic rings. The van der Waals surface area contributed by atoms with Gasteiger partial charge in [-0.2, -0.15) is 0 Å². The van der Waals surface area contributed by atoms with E-state index >= 15 is 0 Å². The first-order chi connectivity index (χ1) is 13.6. The van der Waals surface area contributed by atoms with E-state index in [1.54, 1.807) is 4.90 Å². The first-order valence-corrected chi connectivity index (χ1v) is 9.48. The number of hydrogen-bond donors (Lipinski definition) is 0. The van der Waals surface area contributed by atoms with E-state index in [1.165, 1.54) is 0 Å². The lowest BCUT2D eigenvalue weighted by molar-refractivity contribution is 0.0985. The van der Waals surface area contributed by atoms with Crippen molar-refractivity contribution < 1.29 is 4.79 Å². The topological polar surface area (TPSA) is 33.2 Å². The standard InChI is InChI=1S/C24H19ClN2O/c1-17-21(23(25)20-14-8-9-15-22(20)26-17)16-27(19-12-6-3-7-13-19)24(28)18-10-4-2-5-11-18/h2-15H,16H2,1H3. The number of pyridine rings is 1. The Hall–Kier alpha value is -3.17. The minimum atomic E-state index is -0.0737. The van der Waals surface area contributed by atoms with Gasteiger partial charge in [0.25, 0.3) is 5.91 Å². The maximum Gasteiger partial charge on any atom is 0.258 e. The lowest BCUT2D eigenvalue weighted by Crippen LogP contribution is -2.31. The summed E-state index contributed by atoms with van der Waals surface area (Å²) >= 11 is 6.75. The molecule has 0 saturated carbocycles. The summed E-state index contributed by atoms with van der Waals surface area (Å²) in [5, 5.41) is 1.54. The number of benzene rings is 3. The van der Waals surface area contributed by atoms with Crippen molar-refractivity contribution in [2.75, 3.05) is 4.90 Å². The minimum absolute atomic E-state index is 0.0737. The molecule has 0 aliphatic carbocycles. The van der Waals surface area contributed by atoms with Gasteiger partial charge < -0.3 is 4.90 Å². The van der Waals surface area contributed by atoms with Gasteiger partial charge in [0.2, 0.25) is 0 Å². The number of halogens is 1. The highest BCUT2D eigenvalue weighted by atomic mass is 35.5. The number of amides is 1. The third kappa shape index (κ3) is 3.49. The van der Waals surface area contributed by atoms with Crippen LogP contribution in [0.5, 0.6) is 0 Å². The molecule has 0 saturated heterocycles. The fraction of sp³-hybridized carbons (Fsp3) is 0.0833. The van der Waals surface area contributed by atoms with E-state index < -0.39 is 0 Å². The van der Waals surface area contributed by atoms with Crippen LogP contribution in [-0.4, -0.2) is 10.9 Å². The second-order valence-corrected chi connectivity index (χ2v) is 6.98. The Bertz CT molecular complexity index is 1130. The van der Waals surface area contributed by atoms with Gasteiger partial charge in [0.15, 0.2) is 0 Å². The van der Waals surface area contributed by atoms with E-state index in [-0.39, 0.29) is 5.91 Å². The molecule has 0 aliphatic heterocycles. The zero-order valence-corrected chi connectivity index (χ0v) is 16.2. The number of rotatable bonds is 4. The van der Waals surface area contributed by atoms with Gasteiger partial charge >= 0.3 is 0 Å². The molecule has 1 heterocycles. The maximum absolute atomic E-state index is 13.3. The fourth-order valence-corrected chi connectivity index (χ4v) is 3.65. The van der Waals surface area contributed by atoms with Crippen LogP contribution in [0.1, 0.15) is 21.6 Å². The predicted octanol–water partition coefficient (Wildman–Crippen LogP) is 6.04. The molecule has 1 amide bonds. The number of carbonyl (C=O) groups excluding carboxylic acids is 1. The lowest BCUT2D eigenvalue weighted by atomic mass is 10.1. The zero-order valence-electron chi connectivity index (χ0n) is 15.5. The average Bonchev–Trinajstić information content (AvgIpc) is 2.74. The summed E-state index contributed by atoms with van der Waals surface area (Å²) in [6.45, 7) is 2.28. The van der Waals surface area contributed by atoms with E-state index in [1.807, 2.05) is 91.9 Å². The molecule has 0 atom stereocenters. The van der Waals surface area contributed by atoms with Gasteiger partial charge in [-0.05, 0) is 37.3 Å². The molecule has 28 heavy (non-hydrogen) atoms. The van der Waals surface area contributed by atoms with Crippen LogP contribution in [0.4, 0.5) is 5.69 Å². The molecule has 4 aromatic rings. The molecule has 0 radical (unpaired) electrons. The SMILES string of the molecule is Cc1nc2ccccc2c(Cl)c1CN(C(=O)c1ccccc1)c1ccccc1. The minimum Gasteiger partial charge on any atom is -0.304 e. The molecule has 138 valence electrons. The number of para-hydroxylation sites is 2. The number of hydrogen-bond acceptors (Lipinski definition) is 2. The van der Waals surface area contributed by atoms with Crippen molar-refractivity contribution in [3.8, 4) is 0 Å². The Balaban J connectivity index is 1.81. The largest absolute Gasteiger partial charge is 0.304 e. The summed E-state index contributed by atoms with van der Waals surface area (Å²) < 4.78 is 0. The highest BCUT2D eigenvalue weighted by Crippen LogP contribution is 2.31. The van der Waals surface area contributed by atoms with Crippen molar-refractivity contribution in [1.29, 1.82) is 0 Å². The summed E-state index contributed by atoms with van der Waals surface area (Å²) in [6.07, 6.45) is 0. The summed E-state index contributed by atoms with van der Waals surface area (Å²) in [4.78, 5) is 19.7. The van der Waals surface area contributed by atoms with Crippen LogP contribution >= 0.6 is 11.6 Å². The van der Waals surface area contributed by atoms with E-state index in [9.17, 15) is 4.79 Å². The molecule has 4 rings (SSSR count). The van der Waals surface area contributed by atoms with E-state index in [2.05, 4.69) is 0 Å². The predicted molar refractivity (Wildman–Crippen MR) is 115 cm³/mol. The molecule has 0 bridgehead atoms. The normalized spacial score (nSPS) is 10.8. The van der Waals surface area contributed by atoms with Crippen molar-refractivity contribution in [3.63, 3.8) is 0 Å². The quantitative estimate of drug-likeness (QED) is 0.428.